The summed E-state index contributed by atoms with van der Waals surface area (Å²) in [6.07, 6.45) is 3.07. The molecule has 0 saturated heterocycles. The molecule has 0 fully saturated rings. The topological polar surface area (TPSA) is 46.3 Å². The molecule has 1 aromatic carbocycles. The second-order valence-electron chi connectivity index (χ2n) is 4.30. The fourth-order valence-corrected chi connectivity index (χ4v) is 2.16. The molecule has 0 saturated carbocycles. The van der Waals surface area contributed by atoms with E-state index in [4.69, 9.17) is 17.3 Å². The highest BCUT2D eigenvalue weighted by Crippen LogP contribution is 2.21. The fraction of sp³-hybridized carbons (Fsp3) is 0.308. The summed E-state index contributed by atoms with van der Waals surface area (Å²) in [5.74, 6) is -0.0217. The summed E-state index contributed by atoms with van der Waals surface area (Å²) in [5, 5.41) is 0.550. The highest BCUT2D eigenvalue weighted by Gasteiger charge is 2.19. The van der Waals surface area contributed by atoms with E-state index >= 15 is 0 Å². The number of carbonyl (C=O) groups is 1. The highest BCUT2D eigenvalue weighted by molar-refractivity contribution is 6.31. The Balaban J connectivity index is 2.22. The first-order valence-electron chi connectivity index (χ1n) is 5.58. The van der Waals surface area contributed by atoms with Crippen molar-refractivity contribution in [2.24, 2.45) is 0 Å². The molecule has 90 valence electrons. The van der Waals surface area contributed by atoms with Gasteiger partial charge >= 0.3 is 0 Å². The number of anilines is 1. The van der Waals surface area contributed by atoms with E-state index in [-0.39, 0.29) is 5.91 Å². The molecule has 2 rings (SSSR count). The molecule has 1 heterocycles. The minimum atomic E-state index is -0.0217. The van der Waals surface area contributed by atoms with Crippen LogP contribution in [0.15, 0.2) is 29.8 Å². The molecule has 0 aromatic heterocycles. The van der Waals surface area contributed by atoms with Gasteiger partial charge < -0.3 is 10.6 Å². The van der Waals surface area contributed by atoms with Gasteiger partial charge in [-0.1, -0.05) is 23.3 Å². The summed E-state index contributed by atoms with van der Waals surface area (Å²) in [6, 6.07) is 4.99. The van der Waals surface area contributed by atoms with Crippen LogP contribution in [-0.2, 0) is 0 Å². The van der Waals surface area contributed by atoms with E-state index in [1.807, 2.05) is 11.8 Å². The van der Waals surface area contributed by atoms with E-state index in [1.165, 1.54) is 5.57 Å². The number of hydrogen-bond donors (Lipinski definition) is 1. The summed E-state index contributed by atoms with van der Waals surface area (Å²) in [5.41, 5.74) is 8.01. The van der Waals surface area contributed by atoms with Crippen molar-refractivity contribution in [3.05, 3.63) is 40.4 Å². The molecule has 17 heavy (non-hydrogen) atoms. The lowest BCUT2D eigenvalue weighted by Crippen LogP contribution is -2.35. The van der Waals surface area contributed by atoms with Crippen molar-refractivity contribution in [2.45, 2.75) is 13.3 Å². The minimum absolute atomic E-state index is 0.0217. The van der Waals surface area contributed by atoms with Crippen molar-refractivity contribution in [1.82, 2.24) is 4.90 Å². The molecule has 1 aliphatic heterocycles. The van der Waals surface area contributed by atoms with Gasteiger partial charge in [-0.05, 0) is 31.5 Å². The van der Waals surface area contributed by atoms with Gasteiger partial charge in [0.15, 0.2) is 0 Å². The molecule has 0 unspecified atom stereocenters. The van der Waals surface area contributed by atoms with E-state index in [1.54, 1.807) is 18.2 Å². The molecule has 1 amide bonds. The molecule has 0 spiro atoms. The second kappa shape index (κ2) is 4.80. The Bertz CT molecular complexity index is 482. The number of halogens is 1. The van der Waals surface area contributed by atoms with Gasteiger partial charge in [-0.25, -0.2) is 0 Å². The molecule has 1 aromatic rings. The lowest BCUT2D eigenvalue weighted by atomic mass is 10.1. The summed E-state index contributed by atoms with van der Waals surface area (Å²) in [4.78, 5) is 14.1. The maximum Gasteiger partial charge on any atom is 0.256 e. The number of nitrogen functional groups attached to an aromatic ring is 1. The molecule has 0 bridgehead atoms. The number of benzene rings is 1. The van der Waals surface area contributed by atoms with Crippen molar-refractivity contribution in [2.75, 3.05) is 18.8 Å². The lowest BCUT2D eigenvalue weighted by Gasteiger charge is -2.26. The monoisotopic (exact) mass is 250 g/mol. The number of amides is 1. The molecule has 0 aliphatic carbocycles. The minimum Gasteiger partial charge on any atom is -0.398 e. The Morgan fingerprint density at radius 2 is 2.24 bits per heavy atom. The SMILES string of the molecule is CC1=CCCN(C(=O)c2ccc(Cl)cc2N)C1. The number of nitrogens with zero attached hydrogens (tertiary/aromatic N) is 1. The van der Waals surface area contributed by atoms with E-state index < -0.39 is 0 Å². The first-order valence-corrected chi connectivity index (χ1v) is 5.95. The quantitative estimate of drug-likeness (QED) is 0.615. The van der Waals surface area contributed by atoms with Crippen molar-refractivity contribution < 1.29 is 4.79 Å². The molecule has 4 heteroatoms. The van der Waals surface area contributed by atoms with Crippen LogP contribution in [0.25, 0.3) is 0 Å². The van der Waals surface area contributed by atoms with E-state index in [2.05, 4.69) is 6.08 Å². The maximum atomic E-state index is 12.3. The second-order valence-corrected chi connectivity index (χ2v) is 4.73. The zero-order valence-corrected chi connectivity index (χ0v) is 10.5. The predicted octanol–water partition coefficient (Wildman–Crippen LogP) is 2.71. The standard InChI is InChI=1S/C13H15ClN2O/c1-9-3-2-6-16(8-9)13(17)11-5-4-10(14)7-12(11)15/h3-5,7H,2,6,8,15H2,1H3. The first-order chi connectivity index (χ1) is 8.08. The van der Waals surface area contributed by atoms with Gasteiger partial charge in [0, 0.05) is 23.8 Å². The maximum absolute atomic E-state index is 12.3. The van der Waals surface area contributed by atoms with Gasteiger partial charge in [0.25, 0.3) is 5.91 Å². The van der Waals surface area contributed by atoms with Gasteiger partial charge in [-0.3, -0.25) is 4.79 Å². The summed E-state index contributed by atoms with van der Waals surface area (Å²) in [6.45, 7) is 3.46. The average Bonchev–Trinajstić information content (AvgIpc) is 2.28. The molecule has 0 radical (unpaired) electrons. The highest BCUT2D eigenvalue weighted by atomic mass is 35.5. The van der Waals surface area contributed by atoms with Crippen LogP contribution in [0.4, 0.5) is 5.69 Å². The van der Waals surface area contributed by atoms with Gasteiger partial charge in [-0.15, -0.1) is 0 Å². The van der Waals surface area contributed by atoms with Gasteiger partial charge in [-0.2, -0.15) is 0 Å². The van der Waals surface area contributed by atoms with Crippen LogP contribution in [0.5, 0.6) is 0 Å². The van der Waals surface area contributed by atoms with Crippen LogP contribution in [0, 0.1) is 0 Å². The lowest BCUT2D eigenvalue weighted by molar-refractivity contribution is 0.0767. The Morgan fingerprint density at radius 1 is 1.47 bits per heavy atom. The van der Waals surface area contributed by atoms with Crippen LogP contribution >= 0.6 is 11.6 Å². The van der Waals surface area contributed by atoms with E-state index in [0.29, 0.717) is 22.8 Å². The summed E-state index contributed by atoms with van der Waals surface area (Å²) in [7, 11) is 0. The van der Waals surface area contributed by atoms with Crippen LogP contribution in [0.2, 0.25) is 5.02 Å². The number of rotatable bonds is 1. The first kappa shape index (κ1) is 12.0. The van der Waals surface area contributed by atoms with Crippen LogP contribution in [0.1, 0.15) is 23.7 Å². The van der Waals surface area contributed by atoms with Gasteiger partial charge in [0.2, 0.25) is 0 Å². The summed E-state index contributed by atoms with van der Waals surface area (Å²) < 4.78 is 0. The Morgan fingerprint density at radius 3 is 2.88 bits per heavy atom. The van der Waals surface area contributed by atoms with Crippen molar-refractivity contribution >= 4 is 23.2 Å². The predicted molar refractivity (Wildman–Crippen MR) is 70.1 cm³/mol. The molecular weight excluding hydrogens is 236 g/mol. The van der Waals surface area contributed by atoms with E-state index in [9.17, 15) is 4.79 Å². The van der Waals surface area contributed by atoms with Crippen molar-refractivity contribution in [1.29, 1.82) is 0 Å². The molecule has 3 nitrogen and oxygen atoms in total. The normalized spacial score (nSPS) is 15.6. The zero-order chi connectivity index (χ0) is 12.4. The smallest absolute Gasteiger partial charge is 0.256 e. The van der Waals surface area contributed by atoms with Crippen molar-refractivity contribution in [3.8, 4) is 0 Å². The molecule has 1 aliphatic rings. The number of carbonyl (C=O) groups excluding carboxylic acids is 1. The Labute approximate surface area is 106 Å². The third kappa shape index (κ3) is 2.61. The Hall–Kier alpha value is -1.48. The number of nitrogens with two attached hydrogens (primary N) is 1. The van der Waals surface area contributed by atoms with Gasteiger partial charge in [0.05, 0.1) is 5.56 Å². The largest absolute Gasteiger partial charge is 0.398 e. The van der Waals surface area contributed by atoms with Crippen molar-refractivity contribution in [3.63, 3.8) is 0 Å². The zero-order valence-electron chi connectivity index (χ0n) is 9.74. The molecule has 0 atom stereocenters. The molecule has 2 N–H and O–H groups in total. The summed E-state index contributed by atoms with van der Waals surface area (Å²) >= 11 is 5.82. The Kier molecular flexibility index (Phi) is 3.38. The van der Waals surface area contributed by atoms with Crippen LogP contribution < -0.4 is 5.73 Å². The third-order valence-corrected chi connectivity index (χ3v) is 3.10. The average molecular weight is 251 g/mol. The van der Waals surface area contributed by atoms with E-state index in [0.717, 1.165) is 13.0 Å². The van der Waals surface area contributed by atoms with Crippen LogP contribution in [-0.4, -0.2) is 23.9 Å². The fourth-order valence-electron chi connectivity index (χ4n) is 1.98. The van der Waals surface area contributed by atoms with Gasteiger partial charge in [0.1, 0.15) is 0 Å². The molecular formula is C13H15ClN2O. The third-order valence-electron chi connectivity index (χ3n) is 2.86. The van der Waals surface area contributed by atoms with Crippen LogP contribution in [0.3, 0.4) is 0 Å². The number of hydrogen-bond acceptors (Lipinski definition) is 2.